The van der Waals surface area contributed by atoms with Crippen LogP contribution in [0.1, 0.15) is 35.0 Å². The van der Waals surface area contributed by atoms with Gasteiger partial charge >= 0.3 is 0 Å². The molecule has 0 N–H and O–H groups in total. The number of hydrogen-bond acceptors (Lipinski definition) is 2. The van der Waals surface area contributed by atoms with Gasteiger partial charge in [0.25, 0.3) is 0 Å². The van der Waals surface area contributed by atoms with Gasteiger partial charge in [-0.05, 0) is 18.9 Å². The zero-order valence-electron chi connectivity index (χ0n) is 11.2. The number of Topliss-reactive ketones (excluding diaryl/α,β-unsaturated/α-hetero) is 1. The van der Waals surface area contributed by atoms with E-state index in [9.17, 15) is 4.79 Å². The minimum atomic E-state index is 0.0153. The average Bonchev–Trinajstić information content (AvgIpc) is 2.71. The molecule has 0 spiro atoms. The zero-order valence-corrected chi connectivity index (χ0v) is 11.9. The SMILES string of the molecule is CCCn1ncc(Cl)c1C(=O)Cc1cccc(C)c1. The molecule has 0 aliphatic rings. The summed E-state index contributed by atoms with van der Waals surface area (Å²) in [5.74, 6) is 0.0153. The molecule has 0 saturated carbocycles. The molecule has 0 saturated heterocycles. The van der Waals surface area contributed by atoms with Crippen LogP contribution in [0.25, 0.3) is 0 Å². The highest BCUT2D eigenvalue weighted by atomic mass is 35.5. The molecule has 2 rings (SSSR count). The lowest BCUT2D eigenvalue weighted by Gasteiger charge is -2.06. The summed E-state index contributed by atoms with van der Waals surface area (Å²) >= 11 is 6.07. The summed E-state index contributed by atoms with van der Waals surface area (Å²) in [6.45, 7) is 4.77. The quantitative estimate of drug-likeness (QED) is 0.781. The molecule has 4 heteroatoms. The minimum Gasteiger partial charge on any atom is -0.292 e. The fourth-order valence-corrected chi connectivity index (χ4v) is 2.36. The van der Waals surface area contributed by atoms with Gasteiger partial charge in [0, 0.05) is 13.0 Å². The number of carbonyl (C=O) groups is 1. The molecule has 1 aromatic heterocycles. The summed E-state index contributed by atoms with van der Waals surface area (Å²) < 4.78 is 1.69. The van der Waals surface area contributed by atoms with Crippen molar-refractivity contribution in [2.75, 3.05) is 0 Å². The first-order valence-electron chi connectivity index (χ1n) is 6.42. The second kappa shape index (κ2) is 6.02. The third-order valence-electron chi connectivity index (χ3n) is 2.94. The molecule has 19 heavy (non-hydrogen) atoms. The van der Waals surface area contributed by atoms with Gasteiger partial charge in [0.1, 0.15) is 5.69 Å². The van der Waals surface area contributed by atoms with Gasteiger partial charge in [0.2, 0.25) is 0 Å². The van der Waals surface area contributed by atoms with Crippen molar-refractivity contribution < 1.29 is 4.79 Å². The number of benzene rings is 1. The van der Waals surface area contributed by atoms with Crippen molar-refractivity contribution in [3.63, 3.8) is 0 Å². The number of hydrogen-bond donors (Lipinski definition) is 0. The van der Waals surface area contributed by atoms with Crippen molar-refractivity contribution in [3.8, 4) is 0 Å². The molecular weight excluding hydrogens is 260 g/mol. The van der Waals surface area contributed by atoms with Crippen LogP contribution in [-0.4, -0.2) is 15.6 Å². The minimum absolute atomic E-state index is 0.0153. The first-order chi connectivity index (χ1) is 9.11. The summed E-state index contributed by atoms with van der Waals surface area (Å²) in [4.78, 5) is 12.4. The second-order valence-corrected chi connectivity index (χ2v) is 5.06. The molecule has 100 valence electrons. The van der Waals surface area contributed by atoms with Crippen LogP contribution >= 0.6 is 11.6 Å². The van der Waals surface area contributed by atoms with E-state index in [-0.39, 0.29) is 5.78 Å². The fraction of sp³-hybridized carbons (Fsp3) is 0.333. The van der Waals surface area contributed by atoms with Crippen molar-refractivity contribution in [1.82, 2.24) is 9.78 Å². The number of aryl methyl sites for hydroxylation is 2. The Morgan fingerprint density at radius 1 is 1.42 bits per heavy atom. The largest absolute Gasteiger partial charge is 0.292 e. The van der Waals surface area contributed by atoms with E-state index in [1.165, 1.54) is 0 Å². The number of nitrogens with zero attached hydrogens (tertiary/aromatic N) is 2. The predicted molar refractivity (Wildman–Crippen MR) is 76.7 cm³/mol. The highest BCUT2D eigenvalue weighted by Crippen LogP contribution is 2.18. The van der Waals surface area contributed by atoms with Gasteiger partial charge in [-0.15, -0.1) is 0 Å². The van der Waals surface area contributed by atoms with Gasteiger partial charge in [-0.2, -0.15) is 5.10 Å². The maximum Gasteiger partial charge on any atom is 0.186 e. The first kappa shape index (κ1) is 13.8. The monoisotopic (exact) mass is 276 g/mol. The summed E-state index contributed by atoms with van der Waals surface area (Å²) in [7, 11) is 0. The van der Waals surface area contributed by atoms with E-state index in [2.05, 4.69) is 5.10 Å². The lowest BCUT2D eigenvalue weighted by atomic mass is 10.0. The van der Waals surface area contributed by atoms with Crippen LogP contribution in [0.2, 0.25) is 5.02 Å². The average molecular weight is 277 g/mol. The van der Waals surface area contributed by atoms with Crippen molar-refractivity contribution in [2.24, 2.45) is 0 Å². The van der Waals surface area contributed by atoms with E-state index in [1.54, 1.807) is 10.9 Å². The third kappa shape index (κ3) is 3.24. The van der Waals surface area contributed by atoms with Gasteiger partial charge in [0.05, 0.1) is 11.2 Å². The molecule has 0 bridgehead atoms. The van der Waals surface area contributed by atoms with Gasteiger partial charge in [-0.25, -0.2) is 0 Å². The maximum absolute atomic E-state index is 12.4. The number of halogens is 1. The molecule has 0 atom stereocenters. The van der Waals surface area contributed by atoms with Crippen molar-refractivity contribution in [3.05, 3.63) is 52.3 Å². The smallest absolute Gasteiger partial charge is 0.186 e. The standard InChI is InChI=1S/C15H17ClN2O/c1-3-7-18-15(13(16)10-17-18)14(19)9-12-6-4-5-11(2)8-12/h4-6,8,10H,3,7,9H2,1-2H3. The second-order valence-electron chi connectivity index (χ2n) is 4.65. The fourth-order valence-electron chi connectivity index (χ4n) is 2.11. The van der Waals surface area contributed by atoms with E-state index in [0.29, 0.717) is 23.7 Å². The van der Waals surface area contributed by atoms with Crippen molar-refractivity contribution >= 4 is 17.4 Å². The van der Waals surface area contributed by atoms with E-state index in [1.807, 2.05) is 38.1 Å². The Balaban J connectivity index is 2.22. The van der Waals surface area contributed by atoms with Gasteiger partial charge in [0.15, 0.2) is 5.78 Å². The highest BCUT2D eigenvalue weighted by molar-refractivity contribution is 6.33. The van der Waals surface area contributed by atoms with Crippen molar-refractivity contribution in [2.45, 2.75) is 33.2 Å². The molecule has 0 aliphatic carbocycles. The number of aromatic nitrogens is 2. The van der Waals surface area contributed by atoms with Crippen LogP contribution in [0.3, 0.4) is 0 Å². The zero-order chi connectivity index (χ0) is 13.8. The number of rotatable bonds is 5. The van der Waals surface area contributed by atoms with Crippen LogP contribution < -0.4 is 0 Å². The molecule has 1 heterocycles. The predicted octanol–water partition coefficient (Wildman–Crippen LogP) is 3.68. The molecule has 0 amide bonds. The van der Waals surface area contributed by atoms with Crippen LogP contribution in [0.15, 0.2) is 30.5 Å². The van der Waals surface area contributed by atoms with Crippen LogP contribution in [0, 0.1) is 6.92 Å². The molecule has 2 aromatic rings. The molecule has 0 radical (unpaired) electrons. The van der Waals surface area contributed by atoms with Gasteiger partial charge in [-0.1, -0.05) is 48.4 Å². The Kier molecular flexibility index (Phi) is 4.38. The Morgan fingerprint density at radius 3 is 2.89 bits per heavy atom. The van der Waals surface area contributed by atoms with E-state index < -0.39 is 0 Å². The van der Waals surface area contributed by atoms with Crippen molar-refractivity contribution in [1.29, 1.82) is 0 Å². The summed E-state index contributed by atoms with van der Waals surface area (Å²) in [5, 5.41) is 4.59. The molecule has 0 aliphatic heterocycles. The Labute approximate surface area is 118 Å². The topological polar surface area (TPSA) is 34.9 Å². The summed E-state index contributed by atoms with van der Waals surface area (Å²) in [6, 6.07) is 7.96. The molecule has 0 unspecified atom stereocenters. The Morgan fingerprint density at radius 2 is 2.21 bits per heavy atom. The van der Waals surface area contributed by atoms with Crippen LogP contribution in [0.5, 0.6) is 0 Å². The molecule has 1 aromatic carbocycles. The maximum atomic E-state index is 12.4. The number of ketones is 1. The van der Waals surface area contributed by atoms with E-state index in [0.717, 1.165) is 17.5 Å². The Hall–Kier alpha value is -1.61. The first-order valence-corrected chi connectivity index (χ1v) is 6.79. The normalized spacial score (nSPS) is 10.7. The van der Waals surface area contributed by atoms with E-state index in [4.69, 9.17) is 11.6 Å². The molecule has 3 nitrogen and oxygen atoms in total. The molecular formula is C15H17ClN2O. The lowest BCUT2D eigenvalue weighted by molar-refractivity contribution is 0.0982. The van der Waals surface area contributed by atoms with Gasteiger partial charge < -0.3 is 0 Å². The van der Waals surface area contributed by atoms with Crippen LogP contribution in [-0.2, 0) is 13.0 Å². The summed E-state index contributed by atoms with van der Waals surface area (Å²) in [6.07, 6.45) is 2.82. The third-order valence-corrected chi connectivity index (χ3v) is 3.22. The Bertz CT molecular complexity index is 590. The summed E-state index contributed by atoms with van der Waals surface area (Å²) in [5.41, 5.74) is 2.67. The lowest BCUT2D eigenvalue weighted by Crippen LogP contribution is -2.13. The number of carbonyl (C=O) groups excluding carboxylic acids is 1. The van der Waals surface area contributed by atoms with Crippen LogP contribution in [0.4, 0.5) is 0 Å². The van der Waals surface area contributed by atoms with Gasteiger partial charge in [-0.3, -0.25) is 9.48 Å². The van der Waals surface area contributed by atoms with E-state index >= 15 is 0 Å². The molecule has 0 fully saturated rings. The highest BCUT2D eigenvalue weighted by Gasteiger charge is 2.17.